The van der Waals surface area contributed by atoms with Gasteiger partial charge in [0.2, 0.25) is 0 Å². The number of carboxylic acid groups (broad SMARTS) is 1. The Hall–Kier alpha value is -0.550. The van der Waals surface area contributed by atoms with Gasteiger partial charge in [-0.15, -0.1) is 0 Å². The highest BCUT2D eigenvalue weighted by Crippen LogP contribution is 2.33. The molecule has 1 aliphatic heterocycles. The first-order valence-corrected chi connectivity index (χ1v) is 5.43. The lowest BCUT2D eigenvalue weighted by atomic mass is 10.0. The van der Waals surface area contributed by atoms with Crippen molar-refractivity contribution in [3.8, 4) is 0 Å². The van der Waals surface area contributed by atoms with E-state index in [9.17, 15) is 4.79 Å². The van der Waals surface area contributed by atoms with E-state index in [1.165, 1.54) is 0 Å². The van der Waals surface area contributed by atoms with Gasteiger partial charge in [0.05, 0.1) is 5.69 Å². The Morgan fingerprint density at radius 3 is 3.07 bits per heavy atom. The molecule has 1 aliphatic rings. The number of rotatable bonds is 1. The molecule has 0 radical (unpaired) electrons. The molecule has 0 saturated carbocycles. The molecule has 0 bridgehead atoms. The molecule has 1 aromatic rings. The molecule has 0 saturated heterocycles. The molecule has 14 heavy (non-hydrogen) atoms. The molecule has 0 spiro atoms. The molecule has 0 aromatic carbocycles. The van der Waals surface area contributed by atoms with E-state index in [1.807, 2.05) is 0 Å². The van der Waals surface area contributed by atoms with E-state index < -0.39 is 12.0 Å². The minimum atomic E-state index is -0.833. The molecule has 0 aliphatic carbocycles. The maximum Gasteiger partial charge on any atom is 0.326 e. The number of carbonyl (C=O) groups is 1. The van der Waals surface area contributed by atoms with Crippen molar-refractivity contribution in [2.45, 2.75) is 25.3 Å². The smallest absolute Gasteiger partial charge is 0.326 e. The lowest BCUT2D eigenvalue weighted by Crippen LogP contribution is -2.24. The van der Waals surface area contributed by atoms with Gasteiger partial charge in [-0.3, -0.25) is 0 Å². The van der Waals surface area contributed by atoms with E-state index in [2.05, 4.69) is 20.9 Å². The predicted octanol–water partition coefficient (Wildman–Crippen LogP) is 2.26. The fraction of sp³-hybridized carbons (Fsp3) is 0.500. The van der Waals surface area contributed by atoms with Crippen LogP contribution in [0.2, 0.25) is 5.15 Å². The zero-order valence-corrected chi connectivity index (χ0v) is 9.55. The number of hydrogen-bond donors (Lipinski definition) is 1. The Bertz CT molecular complexity index is 391. The number of imidazole rings is 1. The summed E-state index contributed by atoms with van der Waals surface area (Å²) in [5.74, 6) is -0.833. The summed E-state index contributed by atoms with van der Waals surface area (Å²) in [6.07, 6.45) is 2.27. The maximum atomic E-state index is 11.0. The van der Waals surface area contributed by atoms with Gasteiger partial charge in [0.15, 0.2) is 9.89 Å². The van der Waals surface area contributed by atoms with Crippen molar-refractivity contribution in [1.82, 2.24) is 9.55 Å². The third kappa shape index (κ3) is 1.44. The summed E-state index contributed by atoms with van der Waals surface area (Å²) in [7, 11) is 0. The fourth-order valence-corrected chi connectivity index (χ4v) is 2.78. The minimum absolute atomic E-state index is 0.405. The Morgan fingerprint density at radius 1 is 1.71 bits per heavy atom. The first-order chi connectivity index (χ1) is 6.61. The van der Waals surface area contributed by atoms with Gasteiger partial charge in [-0.2, -0.15) is 0 Å². The van der Waals surface area contributed by atoms with Crippen molar-refractivity contribution in [1.29, 1.82) is 0 Å². The van der Waals surface area contributed by atoms with E-state index in [1.54, 1.807) is 4.57 Å². The van der Waals surface area contributed by atoms with Crippen LogP contribution in [0.3, 0.4) is 0 Å². The molecular formula is C8H8BrClN2O2. The van der Waals surface area contributed by atoms with Gasteiger partial charge < -0.3 is 9.67 Å². The number of halogens is 2. The largest absolute Gasteiger partial charge is 0.480 e. The van der Waals surface area contributed by atoms with E-state index in [0.29, 0.717) is 16.3 Å². The molecule has 1 atom stereocenters. The van der Waals surface area contributed by atoms with Crippen LogP contribution in [0.5, 0.6) is 0 Å². The monoisotopic (exact) mass is 278 g/mol. The van der Waals surface area contributed by atoms with Crippen LogP contribution < -0.4 is 0 Å². The number of aromatic nitrogens is 2. The van der Waals surface area contributed by atoms with E-state index in [0.717, 1.165) is 18.5 Å². The van der Waals surface area contributed by atoms with Crippen LogP contribution in [0.1, 0.15) is 24.6 Å². The predicted molar refractivity (Wildman–Crippen MR) is 54.5 cm³/mol. The van der Waals surface area contributed by atoms with Gasteiger partial charge >= 0.3 is 5.97 Å². The lowest BCUT2D eigenvalue weighted by Gasteiger charge is -2.22. The molecule has 76 valence electrons. The number of carboxylic acids is 1. The average molecular weight is 280 g/mol. The number of hydrogen-bond acceptors (Lipinski definition) is 2. The average Bonchev–Trinajstić information content (AvgIpc) is 2.43. The molecule has 2 rings (SSSR count). The zero-order chi connectivity index (χ0) is 10.3. The van der Waals surface area contributed by atoms with E-state index in [4.69, 9.17) is 16.7 Å². The minimum Gasteiger partial charge on any atom is -0.480 e. The normalized spacial score (nSPS) is 20.6. The van der Waals surface area contributed by atoms with Crippen LogP contribution in [-0.2, 0) is 11.2 Å². The van der Waals surface area contributed by atoms with E-state index in [-0.39, 0.29) is 0 Å². The quantitative estimate of drug-likeness (QED) is 0.858. The molecule has 6 heteroatoms. The Kier molecular flexibility index (Phi) is 2.53. The van der Waals surface area contributed by atoms with Crippen molar-refractivity contribution >= 4 is 33.5 Å². The van der Waals surface area contributed by atoms with Gasteiger partial charge in [-0.25, -0.2) is 9.78 Å². The molecule has 1 aromatic heterocycles. The van der Waals surface area contributed by atoms with Crippen LogP contribution in [0.4, 0.5) is 0 Å². The standard InChI is InChI=1S/C8H8BrClN2O2/c9-8-11-6(10)4-2-1-3-5(7(13)14)12(4)8/h5H,1-3H2,(H,13,14). The van der Waals surface area contributed by atoms with Gasteiger partial charge in [-0.05, 0) is 35.2 Å². The Morgan fingerprint density at radius 2 is 2.43 bits per heavy atom. The van der Waals surface area contributed by atoms with Crippen LogP contribution in [0.25, 0.3) is 0 Å². The topological polar surface area (TPSA) is 55.1 Å². The van der Waals surface area contributed by atoms with Gasteiger partial charge in [-0.1, -0.05) is 11.6 Å². The fourth-order valence-electron chi connectivity index (χ4n) is 1.78. The van der Waals surface area contributed by atoms with Crippen LogP contribution >= 0.6 is 27.5 Å². The second-order valence-electron chi connectivity index (χ2n) is 3.23. The zero-order valence-electron chi connectivity index (χ0n) is 7.20. The highest BCUT2D eigenvalue weighted by molar-refractivity contribution is 9.10. The summed E-state index contributed by atoms with van der Waals surface area (Å²) >= 11 is 9.09. The molecule has 0 fully saturated rings. The van der Waals surface area contributed by atoms with Gasteiger partial charge in [0.25, 0.3) is 0 Å². The maximum absolute atomic E-state index is 11.0. The highest BCUT2D eigenvalue weighted by atomic mass is 79.9. The van der Waals surface area contributed by atoms with Gasteiger partial charge in [0, 0.05) is 0 Å². The Labute approximate surface area is 94.0 Å². The van der Waals surface area contributed by atoms with E-state index >= 15 is 0 Å². The summed E-state index contributed by atoms with van der Waals surface area (Å²) in [5.41, 5.74) is 0.817. The second kappa shape index (κ2) is 3.55. The third-order valence-corrected chi connectivity index (χ3v) is 3.27. The molecule has 1 N–H and O–H groups in total. The van der Waals surface area contributed by atoms with Crippen molar-refractivity contribution in [3.63, 3.8) is 0 Å². The summed E-state index contributed by atoms with van der Waals surface area (Å²) in [6, 6.07) is -0.534. The van der Waals surface area contributed by atoms with Crippen molar-refractivity contribution in [3.05, 3.63) is 15.6 Å². The lowest BCUT2D eigenvalue weighted by molar-refractivity contribution is -0.141. The summed E-state index contributed by atoms with van der Waals surface area (Å²) in [6.45, 7) is 0. The summed E-state index contributed by atoms with van der Waals surface area (Å²) < 4.78 is 2.17. The number of nitrogens with zero attached hydrogens (tertiary/aromatic N) is 2. The first kappa shape index (κ1) is 9.98. The SMILES string of the molecule is O=C(O)C1CCCc2c(Cl)nc(Br)n21. The molecule has 0 amide bonds. The molecule has 2 heterocycles. The van der Waals surface area contributed by atoms with Crippen LogP contribution in [0, 0.1) is 0 Å². The first-order valence-electron chi connectivity index (χ1n) is 4.26. The third-order valence-electron chi connectivity index (χ3n) is 2.41. The number of fused-ring (bicyclic) bond motifs is 1. The van der Waals surface area contributed by atoms with Crippen LogP contribution in [0.15, 0.2) is 4.73 Å². The second-order valence-corrected chi connectivity index (χ2v) is 4.30. The van der Waals surface area contributed by atoms with Crippen molar-refractivity contribution in [2.75, 3.05) is 0 Å². The van der Waals surface area contributed by atoms with Crippen molar-refractivity contribution < 1.29 is 9.90 Å². The summed E-state index contributed by atoms with van der Waals surface area (Å²) in [4.78, 5) is 15.0. The number of aliphatic carboxylic acids is 1. The highest BCUT2D eigenvalue weighted by Gasteiger charge is 2.29. The van der Waals surface area contributed by atoms with Crippen molar-refractivity contribution in [2.24, 2.45) is 0 Å². The van der Waals surface area contributed by atoms with Gasteiger partial charge in [0.1, 0.15) is 6.04 Å². The molecule has 4 nitrogen and oxygen atoms in total. The summed E-state index contributed by atoms with van der Waals surface area (Å²) in [5, 5.41) is 9.41. The molecular weight excluding hydrogens is 271 g/mol. The van der Waals surface area contributed by atoms with Crippen LogP contribution in [-0.4, -0.2) is 20.6 Å². The Balaban J connectivity index is 2.53. The molecule has 1 unspecified atom stereocenters.